The number of nitrogens with one attached hydrogen (secondary N) is 2. The fourth-order valence-electron chi connectivity index (χ4n) is 2.32. The molecule has 0 spiro atoms. The molecule has 1 aliphatic heterocycles. The van der Waals surface area contributed by atoms with Gasteiger partial charge in [-0.2, -0.15) is 0 Å². The fraction of sp³-hybridized carbons (Fsp3) is 0.133. The largest absolute Gasteiger partial charge is 0.495 e. The van der Waals surface area contributed by atoms with Crippen molar-refractivity contribution in [1.29, 1.82) is 0 Å². The van der Waals surface area contributed by atoms with Crippen LogP contribution in [0.25, 0.3) is 0 Å². The molecular formula is C15H14ClN3O2. The maximum Gasteiger partial charge on any atom is 0.228 e. The summed E-state index contributed by atoms with van der Waals surface area (Å²) in [5.74, 6) is 0.630. The van der Waals surface area contributed by atoms with E-state index in [1.165, 1.54) is 0 Å². The summed E-state index contributed by atoms with van der Waals surface area (Å²) in [6.07, 6.45) is 0.361. The summed E-state index contributed by atoms with van der Waals surface area (Å²) in [5.41, 5.74) is 9.68. The molecule has 1 amide bonds. The Kier molecular flexibility index (Phi) is 3.35. The number of rotatable bonds is 3. The normalized spacial score (nSPS) is 12.8. The molecular weight excluding hydrogens is 290 g/mol. The van der Waals surface area contributed by atoms with Gasteiger partial charge in [-0.05, 0) is 35.9 Å². The van der Waals surface area contributed by atoms with Crippen LogP contribution in [0.1, 0.15) is 5.56 Å². The van der Waals surface area contributed by atoms with E-state index in [1.807, 2.05) is 6.07 Å². The Morgan fingerprint density at radius 1 is 1.29 bits per heavy atom. The van der Waals surface area contributed by atoms with Gasteiger partial charge in [0.05, 0.1) is 30.6 Å². The van der Waals surface area contributed by atoms with E-state index in [0.717, 1.165) is 11.3 Å². The van der Waals surface area contributed by atoms with Crippen LogP contribution >= 0.6 is 11.6 Å². The Labute approximate surface area is 127 Å². The number of anilines is 4. The highest BCUT2D eigenvalue weighted by molar-refractivity contribution is 6.31. The molecule has 0 aliphatic carbocycles. The summed E-state index contributed by atoms with van der Waals surface area (Å²) >= 11 is 6.01. The number of halogens is 1. The summed E-state index contributed by atoms with van der Waals surface area (Å²) in [6.45, 7) is 0. The number of hydrogen-bond donors (Lipinski definition) is 3. The van der Waals surface area contributed by atoms with Crippen molar-refractivity contribution < 1.29 is 9.53 Å². The van der Waals surface area contributed by atoms with E-state index in [-0.39, 0.29) is 5.91 Å². The van der Waals surface area contributed by atoms with Gasteiger partial charge in [0.2, 0.25) is 5.91 Å². The zero-order chi connectivity index (χ0) is 15.0. The Morgan fingerprint density at radius 3 is 2.86 bits per heavy atom. The Hall–Kier alpha value is -2.40. The average molecular weight is 304 g/mol. The number of methoxy groups -OCH3 is 1. The second-order valence-corrected chi connectivity index (χ2v) is 5.23. The lowest BCUT2D eigenvalue weighted by molar-refractivity contribution is -0.115. The Bertz CT molecular complexity index is 731. The van der Waals surface area contributed by atoms with Gasteiger partial charge < -0.3 is 21.1 Å². The zero-order valence-electron chi connectivity index (χ0n) is 11.4. The van der Waals surface area contributed by atoms with Crippen LogP contribution in [-0.4, -0.2) is 13.0 Å². The third kappa shape index (κ3) is 2.60. The molecule has 108 valence electrons. The first kappa shape index (κ1) is 13.6. The molecule has 21 heavy (non-hydrogen) atoms. The second kappa shape index (κ2) is 5.18. The standard InChI is InChI=1S/C15H14ClN3O2/c1-21-14-3-2-9(16)6-13(14)18-12-7-11-8(4-10(12)17)5-15(20)19-11/h2-4,6-7,18H,5,17H2,1H3,(H,19,20). The lowest BCUT2D eigenvalue weighted by Gasteiger charge is -2.14. The molecule has 0 aromatic heterocycles. The number of ether oxygens (including phenoxy) is 1. The predicted octanol–water partition coefficient (Wildman–Crippen LogP) is 3.17. The molecule has 0 radical (unpaired) electrons. The predicted molar refractivity (Wildman–Crippen MR) is 84.5 cm³/mol. The molecule has 0 bridgehead atoms. The van der Waals surface area contributed by atoms with Crippen LogP contribution in [0.5, 0.6) is 5.75 Å². The van der Waals surface area contributed by atoms with Crippen molar-refractivity contribution in [3.05, 3.63) is 40.9 Å². The number of nitrogen functional groups attached to an aromatic ring is 1. The lowest BCUT2D eigenvalue weighted by Crippen LogP contribution is -2.03. The maximum atomic E-state index is 11.4. The van der Waals surface area contributed by atoms with Crippen LogP contribution in [0.15, 0.2) is 30.3 Å². The van der Waals surface area contributed by atoms with Gasteiger partial charge in [0.1, 0.15) is 5.75 Å². The molecule has 0 atom stereocenters. The van der Waals surface area contributed by atoms with Gasteiger partial charge in [-0.1, -0.05) is 11.6 Å². The SMILES string of the molecule is COc1ccc(Cl)cc1Nc1cc2c(cc1N)CC(=O)N2. The minimum atomic E-state index is -0.0260. The minimum Gasteiger partial charge on any atom is -0.495 e. The van der Waals surface area contributed by atoms with Crippen LogP contribution < -0.4 is 21.1 Å². The molecule has 0 saturated carbocycles. The summed E-state index contributed by atoms with van der Waals surface area (Å²) in [5, 5.41) is 6.58. The molecule has 0 unspecified atom stereocenters. The van der Waals surface area contributed by atoms with Crippen molar-refractivity contribution in [3.63, 3.8) is 0 Å². The molecule has 1 aliphatic rings. The maximum absolute atomic E-state index is 11.4. The third-order valence-electron chi connectivity index (χ3n) is 3.33. The average Bonchev–Trinajstić information content (AvgIpc) is 2.78. The van der Waals surface area contributed by atoms with Crippen LogP contribution in [0.3, 0.4) is 0 Å². The topological polar surface area (TPSA) is 76.4 Å². The van der Waals surface area contributed by atoms with E-state index in [2.05, 4.69) is 10.6 Å². The van der Waals surface area contributed by atoms with Crippen LogP contribution in [0.4, 0.5) is 22.7 Å². The number of fused-ring (bicyclic) bond motifs is 1. The van der Waals surface area contributed by atoms with Gasteiger partial charge in [0.25, 0.3) is 0 Å². The number of amides is 1. The lowest BCUT2D eigenvalue weighted by atomic mass is 10.1. The summed E-state index contributed by atoms with van der Waals surface area (Å²) in [4.78, 5) is 11.4. The van der Waals surface area contributed by atoms with Gasteiger partial charge in [0.15, 0.2) is 0 Å². The Balaban J connectivity index is 1.98. The number of carbonyl (C=O) groups is 1. The monoisotopic (exact) mass is 303 g/mol. The van der Waals surface area contributed by atoms with Gasteiger partial charge in [-0.15, -0.1) is 0 Å². The zero-order valence-corrected chi connectivity index (χ0v) is 12.1. The van der Waals surface area contributed by atoms with Crippen molar-refractivity contribution in [2.24, 2.45) is 0 Å². The number of hydrogen-bond acceptors (Lipinski definition) is 4. The van der Waals surface area contributed by atoms with E-state index >= 15 is 0 Å². The van der Waals surface area contributed by atoms with Crippen molar-refractivity contribution in [2.45, 2.75) is 6.42 Å². The highest BCUT2D eigenvalue weighted by Crippen LogP contribution is 2.36. The number of benzene rings is 2. The summed E-state index contributed by atoms with van der Waals surface area (Å²) in [6, 6.07) is 8.89. The summed E-state index contributed by atoms with van der Waals surface area (Å²) in [7, 11) is 1.58. The van der Waals surface area contributed by atoms with Crippen molar-refractivity contribution >= 4 is 40.3 Å². The van der Waals surface area contributed by atoms with Crippen LogP contribution in [-0.2, 0) is 11.2 Å². The van der Waals surface area contributed by atoms with Gasteiger partial charge in [-0.25, -0.2) is 0 Å². The molecule has 0 fully saturated rings. The quantitative estimate of drug-likeness (QED) is 0.761. The third-order valence-corrected chi connectivity index (χ3v) is 3.57. The van der Waals surface area contributed by atoms with E-state index < -0.39 is 0 Å². The fourth-order valence-corrected chi connectivity index (χ4v) is 2.50. The smallest absolute Gasteiger partial charge is 0.228 e. The number of carbonyl (C=O) groups excluding carboxylic acids is 1. The molecule has 6 heteroatoms. The highest BCUT2D eigenvalue weighted by Gasteiger charge is 2.19. The van der Waals surface area contributed by atoms with Crippen LogP contribution in [0.2, 0.25) is 5.02 Å². The first-order chi connectivity index (χ1) is 10.1. The van der Waals surface area contributed by atoms with Crippen molar-refractivity contribution in [1.82, 2.24) is 0 Å². The molecule has 2 aromatic rings. The highest BCUT2D eigenvalue weighted by atomic mass is 35.5. The van der Waals surface area contributed by atoms with E-state index in [9.17, 15) is 4.79 Å². The van der Waals surface area contributed by atoms with Gasteiger partial charge in [0, 0.05) is 10.7 Å². The first-order valence-electron chi connectivity index (χ1n) is 6.39. The van der Waals surface area contributed by atoms with Gasteiger partial charge in [-0.3, -0.25) is 4.79 Å². The van der Waals surface area contributed by atoms with Crippen LogP contribution in [0, 0.1) is 0 Å². The minimum absolute atomic E-state index is 0.0260. The van der Waals surface area contributed by atoms with Crippen molar-refractivity contribution in [2.75, 3.05) is 23.5 Å². The molecule has 4 N–H and O–H groups in total. The Morgan fingerprint density at radius 2 is 2.10 bits per heavy atom. The summed E-state index contributed by atoms with van der Waals surface area (Å²) < 4.78 is 5.29. The molecule has 0 saturated heterocycles. The molecule has 2 aromatic carbocycles. The first-order valence-corrected chi connectivity index (χ1v) is 6.77. The van der Waals surface area contributed by atoms with Crippen molar-refractivity contribution in [3.8, 4) is 5.75 Å². The molecule has 3 rings (SSSR count). The second-order valence-electron chi connectivity index (χ2n) is 4.79. The number of nitrogens with two attached hydrogens (primary N) is 1. The molecule has 5 nitrogen and oxygen atoms in total. The van der Waals surface area contributed by atoms with Gasteiger partial charge >= 0.3 is 0 Å². The van der Waals surface area contributed by atoms with E-state index in [0.29, 0.717) is 34.3 Å². The molecule has 1 heterocycles. The van der Waals surface area contributed by atoms with E-state index in [1.54, 1.807) is 31.4 Å². The van der Waals surface area contributed by atoms with E-state index in [4.69, 9.17) is 22.1 Å².